The highest BCUT2D eigenvalue weighted by Crippen LogP contribution is 2.32. The maximum absolute atomic E-state index is 12.5. The number of nitrogens with zero attached hydrogens (tertiary/aromatic N) is 1. The molecule has 0 spiro atoms. The lowest BCUT2D eigenvalue weighted by Crippen LogP contribution is -2.34. The quantitative estimate of drug-likeness (QED) is 0.205. The molecule has 4 rings (SSSR count). The molecule has 4 aromatic rings. The van der Waals surface area contributed by atoms with Crippen LogP contribution in [0.25, 0.3) is 22.6 Å². The monoisotopic (exact) mass is 597 g/mol. The molecule has 1 amide bonds. The standard InChI is InChI=1S/C22H14Cl2IN3O3S/c1-30-18-6-2-11(8-16(18)24)21-27-17-10-13(4-7-19(17)31-21)26-22(32)28-20(29)14-9-12(25)3-5-15(14)23/h2-10H,1H3,(H2,26,28,29,32). The number of amides is 1. The Kier molecular flexibility index (Phi) is 6.85. The van der Waals surface area contributed by atoms with Gasteiger partial charge in [-0.25, -0.2) is 4.98 Å². The van der Waals surface area contributed by atoms with E-state index in [2.05, 4.69) is 38.2 Å². The Labute approximate surface area is 212 Å². The SMILES string of the molecule is COc1ccc(-c2nc3cc(NC(=S)NC(=O)c4cc(I)ccc4Cl)ccc3o2)cc1Cl. The maximum Gasteiger partial charge on any atom is 0.258 e. The van der Waals surface area contributed by atoms with Gasteiger partial charge in [0.2, 0.25) is 5.89 Å². The molecule has 0 saturated heterocycles. The summed E-state index contributed by atoms with van der Waals surface area (Å²) in [6, 6.07) is 15.8. The summed E-state index contributed by atoms with van der Waals surface area (Å²) in [6.45, 7) is 0. The summed E-state index contributed by atoms with van der Waals surface area (Å²) in [5.74, 6) is 0.596. The van der Waals surface area contributed by atoms with Crippen LogP contribution in [0.3, 0.4) is 0 Å². The molecular weight excluding hydrogens is 584 g/mol. The van der Waals surface area contributed by atoms with Gasteiger partial charge in [0, 0.05) is 14.8 Å². The zero-order valence-corrected chi connectivity index (χ0v) is 20.9. The molecule has 1 aromatic heterocycles. The number of benzene rings is 3. The van der Waals surface area contributed by atoms with E-state index >= 15 is 0 Å². The zero-order chi connectivity index (χ0) is 22.8. The number of thiocarbonyl (C=S) groups is 1. The van der Waals surface area contributed by atoms with Crippen molar-refractivity contribution in [2.24, 2.45) is 0 Å². The molecule has 0 aliphatic heterocycles. The minimum absolute atomic E-state index is 0.134. The third-order valence-electron chi connectivity index (χ3n) is 4.44. The van der Waals surface area contributed by atoms with Crippen molar-refractivity contribution in [3.8, 4) is 17.2 Å². The predicted molar refractivity (Wildman–Crippen MR) is 139 cm³/mol. The fraction of sp³-hybridized carbons (Fsp3) is 0.0455. The van der Waals surface area contributed by atoms with Gasteiger partial charge >= 0.3 is 0 Å². The number of aromatic nitrogens is 1. The van der Waals surface area contributed by atoms with Gasteiger partial charge in [0.1, 0.15) is 11.3 Å². The predicted octanol–water partition coefficient (Wildman–Crippen LogP) is 6.54. The van der Waals surface area contributed by atoms with Crippen LogP contribution in [0.15, 0.2) is 59.0 Å². The molecule has 0 radical (unpaired) electrons. The fourth-order valence-electron chi connectivity index (χ4n) is 2.93. The van der Waals surface area contributed by atoms with E-state index in [1.54, 1.807) is 49.6 Å². The number of fused-ring (bicyclic) bond motifs is 1. The van der Waals surface area contributed by atoms with Gasteiger partial charge in [-0.15, -0.1) is 0 Å². The van der Waals surface area contributed by atoms with Crippen LogP contribution in [-0.2, 0) is 0 Å². The van der Waals surface area contributed by atoms with Crippen molar-refractivity contribution in [3.05, 3.63) is 73.8 Å². The first-order valence-electron chi connectivity index (χ1n) is 9.16. The lowest BCUT2D eigenvalue weighted by Gasteiger charge is -2.10. The molecule has 0 bridgehead atoms. The normalized spacial score (nSPS) is 10.8. The minimum atomic E-state index is -0.396. The van der Waals surface area contributed by atoms with Gasteiger partial charge in [0.15, 0.2) is 10.7 Å². The first kappa shape index (κ1) is 22.8. The highest BCUT2D eigenvalue weighted by Gasteiger charge is 2.14. The van der Waals surface area contributed by atoms with Crippen molar-refractivity contribution >= 4 is 85.8 Å². The molecule has 32 heavy (non-hydrogen) atoms. The van der Waals surface area contributed by atoms with Crippen molar-refractivity contribution in [2.45, 2.75) is 0 Å². The van der Waals surface area contributed by atoms with Crippen LogP contribution in [0.1, 0.15) is 10.4 Å². The third-order valence-corrected chi connectivity index (χ3v) is 5.94. The largest absolute Gasteiger partial charge is 0.495 e. The van der Waals surface area contributed by atoms with E-state index in [9.17, 15) is 4.79 Å². The number of ether oxygens (including phenoxy) is 1. The van der Waals surface area contributed by atoms with Gasteiger partial charge in [-0.1, -0.05) is 23.2 Å². The van der Waals surface area contributed by atoms with Crippen molar-refractivity contribution < 1.29 is 13.9 Å². The highest BCUT2D eigenvalue weighted by molar-refractivity contribution is 14.1. The second kappa shape index (κ2) is 9.62. The summed E-state index contributed by atoms with van der Waals surface area (Å²) < 4.78 is 11.9. The Morgan fingerprint density at radius 3 is 2.66 bits per heavy atom. The van der Waals surface area contributed by atoms with Gasteiger partial charge in [0.25, 0.3) is 5.91 Å². The summed E-state index contributed by atoms with van der Waals surface area (Å²) in [6.07, 6.45) is 0. The van der Waals surface area contributed by atoms with Crippen molar-refractivity contribution in [1.82, 2.24) is 10.3 Å². The molecule has 0 aliphatic rings. The zero-order valence-electron chi connectivity index (χ0n) is 16.4. The Morgan fingerprint density at radius 1 is 1.09 bits per heavy atom. The number of oxazole rings is 1. The lowest BCUT2D eigenvalue weighted by atomic mass is 10.2. The average Bonchev–Trinajstić information content (AvgIpc) is 3.18. The number of hydrogen-bond acceptors (Lipinski definition) is 5. The molecule has 6 nitrogen and oxygen atoms in total. The number of nitrogens with one attached hydrogen (secondary N) is 2. The molecule has 0 saturated carbocycles. The summed E-state index contributed by atoms with van der Waals surface area (Å²) in [5.41, 5.74) is 2.92. The molecular formula is C22H14Cl2IN3O3S. The van der Waals surface area contributed by atoms with Gasteiger partial charge in [0.05, 0.1) is 22.7 Å². The summed E-state index contributed by atoms with van der Waals surface area (Å²) in [5, 5.41) is 6.55. The average molecular weight is 598 g/mol. The van der Waals surface area contributed by atoms with Gasteiger partial charge in [-0.05, 0) is 89.4 Å². The minimum Gasteiger partial charge on any atom is -0.495 e. The van der Waals surface area contributed by atoms with E-state index < -0.39 is 5.91 Å². The first-order valence-corrected chi connectivity index (χ1v) is 11.4. The summed E-state index contributed by atoms with van der Waals surface area (Å²) in [4.78, 5) is 17.0. The Hall–Kier alpha value is -2.40. The van der Waals surface area contributed by atoms with Gasteiger partial charge in [-0.3, -0.25) is 10.1 Å². The van der Waals surface area contributed by atoms with Crippen LogP contribution in [0.2, 0.25) is 10.0 Å². The molecule has 3 aromatic carbocycles. The lowest BCUT2D eigenvalue weighted by molar-refractivity contribution is 0.0978. The number of carbonyl (C=O) groups excluding carboxylic acids is 1. The molecule has 0 fully saturated rings. The number of halogens is 3. The topological polar surface area (TPSA) is 76.4 Å². The third kappa shape index (κ3) is 4.98. The molecule has 2 N–H and O–H groups in total. The molecule has 0 unspecified atom stereocenters. The van der Waals surface area contributed by atoms with Gasteiger partial charge < -0.3 is 14.5 Å². The second-order valence-electron chi connectivity index (χ2n) is 6.58. The Bertz CT molecular complexity index is 1360. The van der Waals surface area contributed by atoms with E-state index in [1.807, 2.05) is 12.1 Å². The van der Waals surface area contributed by atoms with Crippen molar-refractivity contribution in [2.75, 3.05) is 12.4 Å². The van der Waals surface area contributed by atoms with E-state index in [0.717, 1.165) is 9.13 Å². The van der Waals surface area contributed by atoms with Crippen LogP contribution in [0.5, 0.6) is 5.75 Å². The second-order valence-corrected chi connectivity index (χ2v) is 9.05. The van der Waals surface area contributed by atoms with E-state index in [-0.39, 0.29) is 5.11 Å². The smallest absolute Gasteiger partial charge is 0.258 e. The van der Waals surface area contributed by atoms with Crippen LogP contribution >= 0.6 is 58.0 Å². The number of carbonyl (C=O) groups is 1. The number of hydrogen-bond donors (Lipinski definition) is 2. The summed E-state index contributed by atoms with van der Waals surface area (Å²) in [7, 11) is 1.55. The molecule has 1 heterocycles. The van der Waals surface area contributed by atoms with E-state index in [1.165, 1.54) is 0 Å². The maximum atomic E-state index is 12.5. The number of rotatable bonds is 4. The fourth-order valence-corrected chi connectivity index (χ4v) is 4.10. The molecule has 0 atom stereocenters. The van der Waals surface area contributed by atoms with Crippen molar-refractivity contribution in [1.29, 1.82) is 0 Å². The number of methoxy groups -OCH3 is 1. The highest BCUT2D eigenvalue weighted by atomic mass is 127. The summed E-state index contributed by atoms with van der Waals surface area (Å²) >= 11 is 19.7. The van der Waals surface area contributed by atoms with E-state index in [4.69, 9.17) is 44.6 Å². The first-order chi connectivity index (χ1) is 15.3. The van der Waals surface area contributed by atoms with Gasteiger partial charge in [-0.2, -0.15) is 0 Å². The molecule has 10 heteroatoms. The molecule has 0 aliphatic carbocycles. The Balaban J connectivity index is 1.50. The number of anilines is 1. The van der Waals surface area contributed by atoms with Crippen LogP contribution in [-0.4, -0.2) is 23.1 Å². The Morgan fingerprint density at radius 2 is 1.91 bits per heavy atom. The molecule has 162 valence electrons. The van der Waals surface area contributed by atoms with Crippen LogP contribution in [0, 0.1) is 3.57 Å². The van der Waals surface area contributed by atoms with Crippen LogP contribution in [0.4, 0.5) is 5.69 Å². The van der Waals surface area contributed by atoms with Crippen molar-refractivity contribution in [3.63, 3.8) is 0 Å². The van der Waals surface area contributed by atoms with Crippen LogP contribution < -0.4 is 15.4 Å². The van der Waals surface area contributed by atoms with E-state index in [0.29, 0.717) is 44.0 Å².